The monoisotopic (exact) mass is 274 g/mol. The Labute approximate surface area is 119 Å². The van der Waals surface area contributed by atoms with Gasteiger partial charge in [-0.05, 0) is 30.5 Å². The Morgan fingerprint density at radius 1 is 1.35 bits per heavy atom. The molecule has 1 aromatic heterocycles. The summed E-state index contributed by atoms with van der Waals surface area (Å²) in [5.74, 6) is 0.159. The lowest BCUT2D eigenvalue weighted by atomic mass is 9.84. The summed E-state index contributed by atoms with van der Waals surface area (Å²) in [5.41, 5.74) is 6.31. The van der Waals surface area contributed by atoms with Crippen molar-refractivity contribution in [1.82, 2.24) is 5.32 Å². The lowest BCUT2D eigenvalue weighted by Crippen LogP contribution is -2.44. The number of nitrogens with two attached hydrogens (primary N) is 1. The van der Waals surface area contributed by atoms with Crippen molar-refractivity contribution in [2.45, 2.75) is 33.2 Å². The smallest absolute Gasteiger partial charge is 0.287 e. The van der Waals surface area contributed by atoms with Gasteiger partial charge in [-0.2, -0.15) is 0 Å². The second kappa shape index (κ2) is 5.67. The molecule has 2 aromatic rings. The highest BCUT2D eigenvalue weighted by molar-refractivity contribution is 5.96. The fourth-order valence-electron chi connectivity index (χ4n) is 2.21. The average Bonchev–Trinajstić information content (AvgIpc) is 2.80. The van der Waals surface area contributed by atoms with E-state index < -0.39 is 0 Å². The molecule has 4 nitrogen and oxygen atoms in total. The SMILES string of the molecule is CC(C)(C)C(CCN)NC(=O)c1cc2ccccc2o1. The number of benzene rings is 1. The predicted octanol–water partition coefficient (Wildman–Crippen LogP) is 2.93. The summed E-state index contributed by atoms with van der Waals surface area (Å²) in [4.78, 5) is 12.3. The molecule has 1 aromatic carbocycles. The van der Waals surface area contributed by atoms with E-state index in [1.807, 2.05) is 24.3 Å². The second-order valence-corrected chi connectivity index (χ2v) is 6.12. The zero-order valence-electron chi connectivity index (χ0n) is 12.3. The van der Waals surface area contributed by atoms with Crippen LogP contribution < -0.4 is 11.1 Å². The number of carbonyl (C=O) groups excluding carboxylic acids is 1. The Morgan fingerprint density at radius 2 is 2.05 bits per heavy atom. The third-order valence-electron chi connectivity index (χ3n) is 3.46. The summed E-state index contributed by atoms with van der Waals surface area (Å²) in [5, 5.41) is 3.96. The van der Waals surface area contributed by atoms with Crippen LogP contribution in [0.4, 0.5) is 0 Å². The summed E-state index contributed by atoms with van der Waals surface area (Å²) >= 11 is 0. The molecule has 2 rings (SSSR count). The Balaban J connectivity index is 2.18. The van der Waals surface area contributed by atoms with Crippen molar-refractivity contribution in [3.63, 3.8) is 0 Å². The van der Waals surface area contributed by atoms with Gasteiger partial charge in [-0.1, -0.05) is 39.0 Å². The highest BCUT2D eigenvalue weighted by Gasteiger charge is 2.26. The van der Waals surface area contributed by atoms with Gasteiger partial charge in [0, 0.05) is 11.4 Å². The fourth-order valence-corrected chi connectivity index (χ4v) is 2.21. The molecule has 0 saturated heterocycles. The summed E-state index contributed by atoms with van der Waals surface area (Å²) < 4.78 is 5.58. The minimum absolute atomic E-state index is 0.0215. The van der Waals surface area contributed by atoms with Gasteiger partial charge in [-0.15, -0.1) is 0 Å². The minimum atomic E-state index is -0.186. The molecule has 108 valence electrons. The van der Waals surface area contributed by atoms with Crippen LogP contribution in [0.1, 0.15) is 37.7 Å². The van der Waals surface area contributed by atoms with Crippen LogP contribution in [-0.4, -0.2) is 18.5 Å². The van der Waals surface area contributed by atoms with E-state index in [-0.39, 0.29) is 17.4 Å². The van der Waals surface area contributed by atoms with Gasteiger partial charge in [-0.25, -0.2) is 0 Å². The van der Waals surface area contributed by atoms with E-state index in [9.17, 15) is 4.79 Å². The van der Waals surface area contributed by atoms with Crippen LogP contribution in [0, 0.1) is 5.41 Å². The van der Waals surface area contributed by atoms with Crippen LogP contribution in [-0.2, 0) is 0 Å². The van der Waals surface area contributed by atoms with E-state index in [2.05, 4.69) is 26.1 Å². The number of nitrogens with one attached hydrogen (secondary N) is 1. The van der Waals surface area contributed by atoms with E-state index in [1.165, 1.54) is 0 Å². The van der Waals surface area contributed by atoms with E-state index >= 15 is 0 Å². The first-order valence-corrected chi connectivity index (χ1v) is 6.91. The quantitative estimate of drug-likeness (QED) is 0.900. The number of para-hydroxylation sites is 1. The van der Waals surface area contributed by atoms with Gasteiger partial charge in [-0.3, -0.25) is 4.79 Å². The van der Waals surface area contributed by atoms with Crippen LogP contribution in [0.5, 0.6) is 0 Å². The number of hydrogen-bond donors (Lipinski definition) is 2. The van der Waals surface area contributed by atoms with Crippen molar-refractivity contribution < 1.29 is 9.21 Å². The number of furan rings is 1. The van der Waals surface area contributed by atoms with Gasteiger partial charge < -0.3 is 15.5 Å². The normalized spacial score (nSPS) is 13.4. The second-order valence-electron chi connectivity index (χ2n) is 6.12. The Morgan fingerprint density at radius 3 is 2.65 bits per heavy atom. The molecular weight excluding hydrogens is 252 g/mol. The Hall–Kier alpha value is -1.81. The number of rotatable bonds is 4. The third-order valence-corrected chi connectivity index (χ3v) is 3.46. The van der Waals surface area contributed by atoms with E-state index in [0.29, 0.717) is 12.3 Å². The zero-order valence-corrected chi connectivity index (χ0v) is 12.3. The van der Waals surface area contributed by atoms with Crippen LogP contribution >= 0.6 is 0 Å². The van der Waals surface area contributed by atoms with E-state index in [1.54, 1.807) is 6.07 Å². The van der Waals surface area contributed by atoms with Crippen LogP contribution in [0.25, 0.3) is 11.0 Å². The van der Waals surface area contributed by atoms with Crippen LogP contribution in [0.15, 0.2) is 34.7 Å². The third kappa shape index (κ3) is 3.20. The van der Waals surface area contributed by atoms with Gasteiger partial charge in [0.15, 0.2) is 5.76 Å². The first-order chi connectivity index (χ1) is 9.41. The fraction of sp³-hybridized carbons (Fsp3) is 0.438. The molecule has 3 N–H and O–H groups in total. The molecule has 0 spiro atoms. The summed E-state index contributed by atoms with van der Waals surface area (Å²) in [7, 11) is 0. The molecule has 1 amide bonds. The molecule has 4 heteroatoms. The van der Waals surface area contributed by atoms with Crippen molar-refractivity contribution in [1.29, 1.82) is 0 Å². The number of fused-ring (bicyclic) bond motifs is 1. The molecule has 0 radical (unpaired) electrons. The molecule has 1 heterocycles. The van der Waals surface area contributed by atoms with Gasteiger partial charge in [0.1, 0.15) is 5.58 Å². The lowest BCUT2D eigenvalue weighted by molar-refractivity contribution is 0.0873. The summed E-state index contributed by atoms with van der Waals surface area (Å²) in [6.07, 6.45) is 0.746. The molecule has 0 bridgehead atoms. The molecule has 0 aliphatic carbocycles. The number of hydrogen-bond acceptors (Lipinski definition) is 3. The standard InChI is InChI=1S/C16H22N2O2/c1-16(2,3)14(8-9-17)18-15(19)13-10-11-6-4-5-7-12(11)20-13/h4-7,10,14H,8-9,17H2,1-3H3,(H,18,19). The molecule has 0 aliphatic heterocycles. The maximum absolute atomic E-state index is 12.3. The van der Waals surface area contributed by atoms with Crippen molar-refractivity contribution in [3.8, 4) is 0 Å². The topological polar surface area (TPSA) is 68.3 Å². The average molecular weight is 274 g/mol. The largest absolute Gasteiger partial charge is 0.451 e. The highest BCUT2D eigenvalue weighted by atomic mass is 16.3. The first-order valence-electron chi connectivity index (χ1n) is 6.91. The van der Waals surface area contributed by atoms with E-state index in [4.69, 9.17) is 10.2 Å². The molecule has 0 fully saturated rings. The highest BCUT2D eigenvalue weighted by Crippen LogP contribution is 2.23. The van der Waals surface area contributed by atoms with Crippen molar-refractivity contribution in [2.75, 3.05) is 6.54 Å². The lowest BCUT2D eigenvalue weighted by Gasteiger charge is -2.30. The van der Waals surface area contributed by atoms with Gasteiger partial charge in [0.05, 0.1) is 0 Å². The van der Waals surface area contributed by atoms with Gasteiger partial charge in [0.2, 0.25) is 0 Å². The summed E-state index contributed by atoms with van der Waals surface area (Å²) in [6, 6.07) is 9.39. The van der Waals surface area contributed by atoms with Crippen molar-refractivity contribution in [2.24, 2.45) is 11.1 Å². The zero-order chi connectivity index (χ0) is 14.8. The molecule has 0 aliphatic rings. The first kappa shape index (κ1) is 14.6. The van der Waals surface area contributed by atoms with Crippen LogP contribution in [0.3, 0.4) is 0 Å². The van der Waals surface area contributed by atoms with Gasteiger partial charge in [0.25, 0.3) is 5.91 Å². The number of amides is 1. The molecule has 1 unspecified atom stereocenters. The van der Waals surface area contributed by atoms with Gasteiger partial charge >= 0.3 is 0 Å². The van der Waals surface area contributed by atoms with Crippen LogP contribution in [0.2, 0.25) is 0 Å². The maximum Gasteiger partial charge on any atom is 0.287 e. The molecule has 1 atom stereocenters. The molecular formula is C16H22N2O2. The molecule has 20 heavy (non-hydrogen) atoms. The van der Waals surface area contributed by atoms with E-state index in [0.717, 1.165) is 17.4 Å². The van der Waals surface area contributed by atoms with Crippen molar-refractivity contribution >= 4 is 16.9 Å². The number of carbonyl (C=O) groups is 1. The Bertz CT molecular complexity index is 563. The molecule has 0 saturated carbocycles. The predicted molar refractivity (Wildman–Crippen MR) is 80.6 cm³/mol. The minimum Gasteiger partial charge on any atom is -0.451 e. The maximum atomic E-state index is 12.3. The van der Waals surface area contributed by atoms with Crippen molar-refractivity contribution in [3.05, 3.63) is 36.1 Å². The Kier molecular flexibility index (Phi) is 4.14. The summed E-state index contributed by atoms with van der Waals surface area (Å²) in [6.45, 7) is 6.81.